The minimum absolute atomic E-state index is 0.259. The van der Waals surface area contributed by atoms with E-state index in [1.807, 2.05) is 80.6 Å². The van der Waals surface area contributed by atoms with Crippen molar-refractivity contribution in [2.24, 2.45) is 5.73 Å². The minimum Gasteiger partial charge on any atom is -0.327 e. The second kappa shape index (κ2) is 37.0. The summed E-state index contributed by atoms with van der Waals surface area (Å²) in [6.07, 6.45) is 9.79. The van der Waals surface area contributed by atoms with Gasteiger partial charge in [0.1, 0.15) is 6.29 Å². The van der Waals surface area contributed by atoms with Crippen LogP contribution in [0.3, 0.4) is 0 Å². The number of hydrogen-bond acceptors (Lipinski definition) is 5. The van der Waals surface area contributed by atoms with Crippen molar-refractivity contribution in [2.75, 3.05) is 39.8 Å². The predicted octanol–water partition coefficient (Wildman–Crippen LogP) is 11.5. The van der Waals surface area contributed by atoms with Crippen LogP contribution in [0.1, 0.15) is 128 Å². The third-order valence-corrected chi connectivity index (χ3v) is 9.62. The average molecular weight is 767 g/mol. The number of carbonyl (C=O) groups excluding carboxylic acids is 1. The van der Waals surface area contributed by atoms with Crippen LogP contribution in [0.4, 0.5) is 0 Å². The molecule has 2 aliphatic rings. The Balaban J connectivity index is 0.000000786. The Bertz CT molecular complexity index is 1360. The SMILES string of the molecule is CC.CC.CC.CC.CNC(CC=O)Cc1ccccc1.NC(CCN1CCCC(c2ccccc2)C1)Cc1ccccc1.c1ccc(C2CCCNC2)cc1. The molecule has 4 N–H and O–H groups in total. The number of nitrogens with zero attached hydrogens (tertiary/aromatic N) is 1. The number of likely N-dealkylation sites (N-methyl/N-ethyl adjacent to an activating group) is 1. The molecule has 312 valence electrons. The molecule has 0 aromatic heterocycles. The number of nitrogens with two attached hydrogens (primary N) is 1. The fourth-order valence-electron chi connectivity index (χ4n) is 6.80. The smallest absolute Gasteiger partial charge is 0.121 e. The molecule has 2 fully saturated rings. The van der Waals surface area contributed by atoms with Crippen molar-refractivity contribution < 1.29 is 4.79 Å². The van der Waals surface area contributed by atoms with Gasteiger partial charge in [0.2, 0.25) is 0 Å². The van der Waals surface area contributed by atoms with Crippen LogP contribution in [-0.4, -0.2) is 63.0 Å². The summed E-state index contributed by atoms with van der Waals surface area (Å²) in [6.45, 7) is 21.9. The Labute approximate surface area is 345 Å². The lowest BCUT2D eigenvalue weighted by Gasteiger charge is -2.33. The zero-order chi connectivity index (χ0) is 41.7. The van der Waals surface area contributed by atoms with E-state index in [0.717, 1.165) is 44.6 Å². The van der Waals surface area contributed by atoms with Gasteiger partial charge in [0.15, 0.2) is 0 Å². The molecule has 0 spiro atoms. The van der Waals surface area contributed by atoms with Gasteiger partial charge in [0.05, 0.1) is 0 Å². The van der Waals surface area contributed by atoms with Crippen LogP contribution < -0.4 is 16.4 Å². The van der Waals surface area contributed by atoms with Crippen molar-refractivity contribution in [1.29, 1.82) is 0 Å². The Morgan fingerprint density at radius 3 is 1.61 bits per heavy atom. The molecular formula is C51H82N4O. The minimum atomic E-state index is 0.259. The van der Waals surface area contributed by atoms with Crippen LogP contribution in [-0.2, 0) is 17.6 Å². The zero-order valence-corrected chi connectivity index (χ0v) is 37.1. The van der Waals surface area contributed by atoms with Gasteiger partial charge >= 0.3 is 0 Å². The van der Waals surface area contributed by atoms with Gasteiger partial charge < -0.3 is 26.1 Å². The Kier molecular flexibility index (Phi) is 34.6. The molecule has 6 rings (SSSR count). The standard InChI is InChI=1S/C21H28N2.C11H15NO.C11H15N.4C2H6/c22-21(16-18-8-3-1-4-9-18)13-15-23-14-7-12-20(17-23)19-10-5-2-6-11-19;1-12-11(7-8-13)9-10-5-3-2-4-6-10;1-2-5-10(6-3-1)11-7-4-8-12-9-11;4*1-2/h1-6,8-11,20-21H,7,12-17,22H2;2-6,8,11-12H,7,9H2,1H3;1-3,5-6,11-12H,4,7-9H2;4*1-2H3. The molecular weight excluding hydrogens is 685 g/mol. The summed E-state index contributed by atoms with van der Waals surface area (Å²) < 4.78 is 0. The summed E-state index contributed by atoms with van der Waals surface area (Å²) in [5.41, 5.74) is 11.9. The van der Waals surface area contributed by atoms with Crippen molar-refractivity contribution in [2.45, 2.75) is 131 Å². The highest BCUT2D eigenvalue weighted by Gasteiger charge is 2.21. The quantitative estimate of drug-likeness (QED) is 0.125. The Morgan fingerprint density at radius 2 is 1.14 bits per heavy atom. The maximum atomic E-state index is 10.3. The van der Waals surface area contributed by atoms with E-state index in [2.05, 4.69) is 119 Å². The molecule has 5 heteroatoms. The van der Waals surface area contributed by atoms with Crippen molar-refractivity contribution in [3.05, 3.63) is 144 Å². The van der Waals surface area contributed by atoms with Crippen molar-refractivity contribution in [3.8, 4) is 0 Å². The first-order valence-electron chi connectivity index (χ1n) is 22.1. The summed E-state index contributed by atoms with van der Waals surface area (Å²) in [7, 11) is 1.89. The zero-order valence-electron chi connectivity index (χ0n) is 37.1. The lowest BCUT2D eigenvalue weighted by molar-refractivity contribution is -0.108. The van der Waals surface area contributed by atoms with Gasteiger partial charge in [0.25, 0.3) is 0 Å². The number of aldehydes is 1. The number of piperidine rings is 2. The van der Waals surface area contributed by atoms with Crippen LogP contribution in [0.2, 0.25) is 0 Å². The molecule has 4 aromatic rings. The molecule has 2 heterocycles. The second-order valence-corrected chi connectivity index (χ2v) is 13.3. The molecule has 0 aliphatic carbocycles. The first-order valence-corrected chi connectivity index (χ1v) is 22.1. The van der Waals surface area contributed by atoms with Gasteiger partial charge in [-0.05, 0) is 106 Å². The summed E-state index contributed by atoms with van der Waals surface area (Å²) in [5, 5.41) is 6.55. The molecule has 4 unspecified atom stereocenters. The van der Waals surface area contributed by atoms with Gasteiger partial charge in [-0.1, -0.05) is 177 Å². The van der Waals surface area contributed by atoms with Gasteiger partial charge in [0, 0.05) is 31.6 Å². The van der Waals surface area contributed by atoms with E-state index in [-0.39, 0.29) is 12.1 Å². The first-order chi connectivity index (χ1) is 27.6. The van der Waals surface area contributed by atoms with Crippen LogP contribution >= 0.6 is 0 Å². The highest BCUT2D eigenvalue weighted by molar-refractivity contribution is 5.50. The molecule has 2 aliphatic heterocycles. The number of likely N-dealkylation sites (tertiary alicyclic amines) is 1. The van der Waals surface area contributed by atoms with Gasteiger partial charge in [-0.3, -0.25) is 0 Å². The van der Waals surface area contributed by atoms with Crippen molar-refractivity contribution >= 4 is 6.29 Å². The number of carbonyl (C=O) groups is 1. The molecule has 0 radical (unpaired) electrons. The summed E-state index contributed by atoms with van der Waals surface area (Å²) in [5.74, 6) is 1.44. The lowest BCUT2D eigenvalue weighted by atomic mass is 9.90. The van der Waals surface area contributed by atoms with Crippen LogP contribution in [0, 0.1) is 0 Å². The monoisotopic (exact) mass is 767 g/mol. The molecule has 2 saturated heterocycles. The third kappa shape index (κ3) is 23.5. The molecule has 0 saturated carbocycles. The average Bonchev–Trinajstić information content (AvgIpc) is 3.30. The molecule has 56 heavy (non-hydrogen) atoms. The van der Waals surface area contributed by atoms with Gasteiger partial charge in [-0.15, -0.1) is 0 Å². The van der Waals surface area contributed by atoms with E-state index in [4.69, 9.17) is 5.73 Å². The van der Waals surface area contributed by atoms with E-state index in [9.17, 15) is 4.79 Å². The van der Waals surface area contributed by atoms with Gasteiger partial charge in [-0.25, -0.2) is 0 Å². The van der Waals surface area contributed by atoms with Crippen molar-refractivity contribution in [3.63, 3.8) is 0 Å². The summed E-state index contributed by atoms with van der Waals surface area (Å²) in [4.78, 5) is 12.9. The number of nitrogens with one attached hydrogen (secondary N) is 2. The van der Waals surface area contributed by atoms with Crippen molar-refractivity contribution in [1.82, 2.24) is 15.5 Å². The second-order valence-electron chi connectivity index (χ2n) is 13.3. The van der Waals surface area contributed by atoms with E-state index < -0.39 is 0 Å². The maximum absolute atomic E-state index is 10.3. The molecule has 0 amide bonds. The van der Waals surface area contributed by atoms with Crippen LogP contribution in [0.5, 0.6) is 0 Å². The predicted molar refractivity (Wildman–Crippen MR) is 248 cm³/mol. The number of rotatable bonds is 12. The lowest BCUT2D eigenvalue weighted by Crippen LogP contribution is -2.37. The van der Waals surface area contributed by atoms with Crippen LogP contribution in [0.15, 0.2) is 121 Å². The maximum Gasteiger partial charge on any atom is 0.121 e. The Morgan fingerprint density at radius 1 is 0.679 bits per heavy atom. The largest absolute Gasteiger partial charge is 0.327 e. The highest BCUT2D eigenvalue weighted by atomic mass is 16.1. The van der Waals surface area contributed by atoms with E-state index in [1.54, 1.807) is 0 Å². The molecule has 0 bridgehead atoms. The van der Waals surface area contributed by atoms with Crippen LogP contribution in [0.25, 0.3) is 0 Å². The number of benzene rings is 4. The molecule has 4 aromatic carbocycles. The van der Waals surface area contributed by atoms with Gasteiger partial charge in [-0.2, -0.15) is 0 Å². The van der Waals surface area contributed by atoms with E-state index in [1.165, 1.54) is 67.6 Å². The summed E-state index contributed by atoms with van der Waals surface area (Å²) in [6, 6.07) is 43.1. The number of hydrogen-bond donors (Lipinski definition) is 3. The molecule has 5 nitrogen and oxygen atoms in total. The topological polar surface area (TPSA) is 70.4 Å². The molecule has 4 atom stereocenters. The Hall–Kier alpha value is -3.61. The third-order valence-electron chi connectivity index (χ3n) is 9.62. The van der Waals surface area contributed by atoms with E-state index in [0.29, 0.717) is 12.3 Å². The normalized spacial score (nSPS) is 16.8. The fraction of sp³-hybridized carbons (Fsp3) is 0.510. The highest BCUT2D eigenvalue weighted by Crippen LogP contribution is 2.27. The fourth-order valence-corrected chi connectivity index (χ4v) is 6.80. The first kappa shape index (κ1) is 52.4. The summed E-state index contributed by atoms with van der Waals surface area (Å²) >= 11 is 0. The van der Waals surface area contributed by atoms with E-state index >= 15 is 0 Å².